The van der Waals surface area contributed by atoms with Gasteiger partial charge in [-0.3, -0.25) is 4.79 Å². The molecule has 0 atom stereocenters. The summed E-state index contributed by atoms with van der Waals surface area (Å²) in [7, 11) is 1.58. The predicted octanol–water partition coefficient (Wildman–Crippen LogP) is 5.33. The Hall–Kier alpha value is -4.07. The SMILES string of the molecule is COc1ccc(NC(=O)Nc2cc(NC(=O)c3ccc(F)cc3)ccc2N2CCCC2)cc1. The third-order valence-electron chi connectivity index (χ3n) is 5.40. The van der Waals surface area contributed by atoms with Crippen LogP contribution < -0.4 is 25.6 Å². The number of carbonyl (C=O) groups is 2. The topological polar surface area (TPSA) is 82.7 Å². The fraction of sp³-hybridized carbons (Fsp3) is 0.200. The van der Waals surface area contributed by atoms with Crippen molar-refractivity contribution < 1.29 is 18.7 Å². The molecule has 1 heterocycles. The van der Waals surface area contributed by atoms with Crippen LogP contribution in [-0.2, 0) is 0 Å². The van der Waals surface area contributed by atoms with Gasteiger partial charge in [0.05, 0.1) is 18.5 Å². The molecule has 0 aliphatic carbocycles. The number of nitrogens with zero attached hydrogens (tertiary/aromatic N) is 1. The van der Waals surface area contributed by atoms with Crippen LogP contribution in [0.15, 0.2) is 66.7 Å². The van der Waals surface area contributed by atoms with Crippen LogP contribution in [0.5, 0.6) is 5.75 Å². The van der Waals surface area contributed by atoms with Crippen LogP contribution in [0.1, 0.15) is 23.2 Å². The number of halogens is 1. The van der Waals surface area contributed by atoms with Crippen molar-refractivity contribution in [3.05, 3.63) is 78.1 Å². The number of anilines is 4. The van der Waals surface area contributed by atoms with Gasteiger partial charge in [0.2, 0.25) is 0 Å². The highest BCUT2D eigenvalue weighted by molar-refractivity contribution is 6.06. The highest BCUT2D eigenvalue weighted by atomic mass is 19.1. The summed E-state index contributed by atoms with van der Waals surface area (Å²) in [5, 5.41) is 8.51. The second kappa shape index (κ2) is 10.0. The van der Waals surface area contributed by atoms with Crippen molar-refractivity contribution in [2.24, 2.45) is 0 Å². The quantitative estimate of drug-likeness (QED) is 0.476. The molecule has 0 spiro atoms. The highest BCUT2D eigenvalue weighted by Crippen LogP contribution is 2.32. The monoisotopic (exact) mass is 448 g/mol. The first-order valence-corrected chi connectivity index (χ1v) is 10.7. The summed E-state index contributed by atoms with van der Waals surface area (Å²) in [5.74, 6) is -0.0738. The van der Waals surface area contributed by atoms with Crippen LogP contribution in [0, 0.1) is 5.82 Å². The van der Waals surface area contributed by atoms with Gasteiger partial charge in [-0.15, -0.1) is 0 Å². The Morgan fingerprint density at radius 3 is 2.18 bits per heavy atom. The van der Waals surface area contributed by atoms with E-state index in [1.165, 1.54) is 24.3 Å². The third kappa shape index (κ3) is 5.60. The summed E-state index contributed by atoms with van der Waals surface area (Å²) < 4.78 is 18.3. The van der Waals surface area contributed by atoms with Crippen molar-refractivity contribution >= 4 is 34.7 Å². The number of benzene rings is 3. The molecule has 0 radical (unpaired) electrons. The van der Waals surface area contributed by atoms with Crippen molar-refractivity contribution in [1.82, 2.24) is 0 Å². The Morgan fingerprint density at radius 2 is 1.52 bits per heavy atom. The number of methoxy groups -OCH3 is 1. The van der Waals surface area contributed by atoms with E-state index in [9.17, 15) is 14.0 Å². The van der Waals surface area contributed by atoms with E-state index in [1.807, 2.05) is 6.07 Å². The summed E-state index contributed by atoms with van der Waals surface area (Å²) in [6, 6.07) is 17.3. The number of hydrogen-bond donors (Lipinski definition) is 3. The first kappa shape index (κ1) is 22.1. The van der Waals surface area contributed by atoms with E-state index in [-0.39, 0.29) is 5.91 Å². The van der Waals surface area contributed by atoms with E-state index in [2.05, 4.69) is 20.9 Å². The van der Waals surface area contributed by atoms with Gasteiger partial charge >= 0.3 is 6.03 Å². The van der Waals surface area contributed by atoms with E-state index in [1.54, 1.807) is 43.5 Å². The largest absolute Gasteiger partial charge is 0.497 e. The fourth-order valence-corrected chi connectivity index (χ4v) is 3.71. The molecule has 0 unspecified atom stereocenters. The molecule has 3 aromatic rings. The van der Waals surface area contributed by atoms with Gasteiger partial charge in [-0.05, 0) is 79.6 Å². The molecular formula is C25H25FN4O3. The Bertz CT molecular complexity index is 1130. The second-order valence-electron chi connectivity index (χ2n) is 7.69. The lowest BCUT2D eigenvalue weighted by Crippen LogP contribution is -2.24. The zero-order valence-electron chi connectivity index (χ0n) is 18.2. The molecule has 0 aromatic heterocycles. The Morgan fingerprint density at radius 1 is 0.848 bits per heavy atom. The predicted molar refractivity (Wildman–Crippen MR) is 128 cm³/mol. The molecule has 1 saturated heterocycles. The summed E-state index contributed by atoms with van der Waals surface area (Å²) in [4.78, 5) is 27.4. The average molecular weight is 448 g/mol. The van der Waals surface area contributed by atoms with Crippen LogP contribution in [-0.4, -0.2) is 32.1 Å². The number of ether oxygens (including phenoxy) is 1. The van der Waals surface area contributed by atoms with Crippen molar-refractivity contribution in [1.29, 1.82) is 0 Å². The molecule has 1 aliphatic heterocycles. The van der Waals surface area contributed by atoms with E-state index >= 15 is 0 Å². The first-order valence-electron chi connectivity index (χ1n) is 10.7. The maximum Gasteiger partial charge on any atom is 0.323 e. The molecular weight excluding hydrogens is 423 g/mol. The van der Waals surface area contributed by atoms with E-state index < -0.39 is 11.8 Å². The van der Waals surface area contributed by atoms with Crippen molar-refractivity contribution in [3.8, 4) is 5.75 Å². The van der Waals surface area contributed by atoms with Crippen molar-refractivity contribution in [3.63, 3.8) is 0 Å². The Balaban J connectivity index is 1.52. The minimum absolute atomic E-state index is 0.340. The zero-order chi connectivity index (χ0) is 23.2. The van der Waals surface area contributed by atoms with Gasteiger partial charge in [0.15, 0.2) is 0 Å². The van der Waals surface area contributed by atoms with Gasteiger partial charge in [-0.1, -0.05) is 0 Å². The minimum atomic E-state index is -0.407. The molecule has 0 bridgehead atoms. The van der Waals surface area contributed by atoms with E-state index in [0.717, 1.165) is 31.6 Å². The molecule has 7 nitrogen and oxygen atoms in total. The van der Waals surface area contributed by atoms with Crippen LogP contribution in [0.25, 0.3) is 0 Å². The molecule has 3 aromatic carbocycles. The summed E-state index contributed by atoms with van der Waals surface area (Å²) in [5.41, 5.74) is 2.95. The number of carbonyl (C=O) groups excluding carboxylic acids is 2. The summed E-state index contributed by atoms with van der Waals surface area (Å²) in [6.07, 6.45) is 2.17. The maximum absolute atomic E-state index is 13.1. The van der Waals surface area contributed by atoms with Gasteiger partial charge in [0.25, 0.3) is 5.91 Å². The number of hydrogen-bond acceptors (Lipinski definition) is 4. The zero-order valence-corrected chi connectivity index (χ0v) is 18.2. The standard InChI is InChI=1S/C25H25FN4O3/c1-33-21-11-8-19(9-12-21)28-25(32)29-22-16-20(10-13-23(22)30-14-2-3-15-30)27-24(31)17-4-6-18(26)7-5-17/h4-13,16H,2-3,14-15H2,1H3,(H,27,31)(H2,28,29,32). The lowest BCUT2D eigenvalue weighted by molar-refractivity contribution is 0.102. The lowest BCUT2D eigenvalue weighted by Gasteiger charge is -2.22. The Kier molecular flexibility index (Phi) is 6.73. The molecule has 4 rings (SSSR count). The van der Waals surface area contributed by atoms with E-state index in [4.69, 9.17) is 4.74 Å². The van der Waals surface area contributed by atoms with Gasteiger partial charge in [0, 0.05) is 30.0 Å². The maximum atomic E-state index is 13.1. The van der Waals surface area contributed by atoms with Gasteiger partial charge in [0.1, 0.15) is 11.6 Å². The third-order valence-corrected chi connectivity index (χ3v) is 5.40. The lowest BCUT2D eigenvalue weighted by atomic mass is 10.2. The number of urea groups is 1. The van der Waals surface area contributed by atoms with Gasteiger partial charge in [-0.2, -0.15) is 0 Å². The first-order chi connectivity index (χ1) is 16.0. The van der Waals surface area contributed by atoms with Crippen molar-refractivity contribution in [2.45, 2.75) is 12.8 Å². The molecule has 0 saturated carbocycles. The van der Waals surface area contributed by atoms with Crippen LogP contribution in [0.3, 0.4) is 0 Å². The van der Waals surface area contributed by atoms with Crippen molar-refractivity contribution in [2.75, 3.05) is 41.0 Å². The smallest absolute Gasteiger partial charge is 0.323 e. The Labute approximate surface area is 191 Å². The molecule has 170 valence electrons. The normalized spacial score (nSPS) is 12.8. The fourth-order valence-electron chi connectivity index (χ4n) is 3.71. The second-order valence-corrected chi connectivity index (χ2v) is 7.69. The molecule has 1 fully saturated rings. The average Bonchev–Trinajstić information content (AvgIpc) is 3.35. The molecule has 33 heavy (non-hydrogen) atoms. The van der Waals surface area contributed by atoms with E-state index in [0.29, 0.717) is 28.4 Å². The van der Waals surface area contributed by atoms with Gasteiger partial charge < -0.3 is 25.6 Å². The molecule has 3 N–H and O–H groups in total. The van der Waals surface area contributed by atoms with Crippen LogP contribution in [0.4, 0.5) is 31.9 Å². The molecule has 1 aliphatic rings. The van der Waals surface area contributed by atoms with Crippen LogP contribution in [0.2, 0.25) is 0 Å². The minimum Gasteiger partial charge on any atom is -0.497 e. The number of amides is 3. The summed E-state index contributed by atoms with van der Waals surface area (Å²) >= 11 is 0. The van der Waals surface area contributed by atoms with Gasteiger partial charge in [-0.25, -0.2) is 9.18 Å². The summed E-state index contributed by atoms with van der Waals surface area (Å²) in [6.45, 7) is 1.80. The number of nitrogens with one attached hydrogen (secondary N) is 3. The molecule has 3 amide bonds. The molecule has 8 heteroatoms. The highest BCUT2D eigenvalue weighted by Gasteiger charge is 2.18. The number of rotatable bonds is 6. The van der Waals surface area contributed by atoms with Crippen LogP contribution >= 0.6 is 0 Å².